The number of imide groups is 1. The molecule has 0 spiro atoms. The number of piperazine rings is 1. The van der Waals surface area contributed by atoms with Gasteiger partial charge in [0.1, 0.15) is 11.6 Å². The largest absolute Gasteiger partial charge is 0.444 e. The summed E-state index contributed by atoms with van der Waals surface area (Å²) in [7, 11) is 0. The van der Waals surface area contributed by atoms with E-state index in [1.54, 1.807) is 28.2 Å². The Morgan fingerprint density at radius 3 is 2.47 bits per heavy atom. The molecule has 0 aliphatic carbocycles. The number of nitrogens with one attached hydrogen (secondary N) is 1. The molecule has 2 saturated heterocycles. The molecule has 3 aliphatic rings. The minimum Gasteiger partial charge on any atom is -0.444 e. The van der Waals surface area contributed by atoms with Gasteiger partial charge in [-0.05, 0) is 39.3 Å². The maximum absolute atomic E-state index is 12.9. The van der Waals surface area contributed by atoms with E-state index in [-0.39, 0.29) is 30.9 Å². The first kappa shape index (κ1) is 22.1. The first-order chi connectivity index (χ1) is 15.1. The fourth-order valence-electron chi connectivity index (χ4n) is 4.07. The second-order valence-electron chi connectivity index (χ2n) is 9.17. The molecule has 1 aromatic carbocycles. The van der Waals surface area contributed by atoms with Crippen LogP contribution in [0.4, 0.5) is 4.79 Å². The highest BCUT2D eigenvalue weighted by molar-refractivity contribution is 6.05. The summed E-state index contributed by atoms with van der Waals surface area (Å²) in [4.78, 5) is 58.1. The maximum atomic E-state index is 12.9. The summed E-state index contributed by atoms with van der Waals surface area (Å²) in [5.74, 6) is -0.445. The number of benzene rings is 1. The number of rotatable bonds is 3. The van der Waals surface area contributed by atoms with E-state index in [1.807, 2.05) is 20.8 Å². The minimum absolute atomic E-state index is 0.210. The molecule has 4 rings (SSSR count). The van der Waals surface area contributed by atoms with Crippen LogP contribution in [-0.4, -0.2) is 76.5 Å². The van der Waals surface area contributed by atoms with Crippen molar-refractivity contribution in [3.05, 3.63) is 29.3 Å². The zero-order valence-electron chi connectivity index (χ0n) is 18.6. The van der Waals surface area contributed by atoms with E-state index in [9.17, 15) is 19.2 Å². The second-order valence-corrected chi connectivity index (χ2v) is 9.17. The lowest BCUT2D eigenvalue weighted by Crippen LogP contribution is -2.52. The number of fused-ring (bicyclic) bond motifs is 1. The summed E-state index contributed by atoms with van der Waals surface area (Å²) in [5.41, 5.74) is 0.673. The molecule has 4 amide bonds. The van der Waals surface area contributed by atoms with E-state index in [0.717, 1.165) is 5.56 Å². The lowest BCUT2D eigenvalue weighted by atomic mass is 10.0. The monoisotopic (exact) mass is 444 g/mol. The third kappa shape index (κ3) is 4.55. The van der Waals surface area contributed by atoms with Gasteiger partial charge in [-0.15, -0.1) is 5.06 Å². The Hall–Kier alpha value is -3.14. The Bertz CT molecular complexity index is 948. The van der Waals surface area contributed by atoms with Crippen molar-refractivity contribution in [1.82, 2.24) is 20.2 Å². The van der Waals surface area contributed by atoms with Gasteiger partial charge < -0.3 is 19.4 Å². The van der Waals surface area contributed by atoms with Crippen molar-refractivity contribution in [2.24, 2.45) is 0 Å². The van der Waals surface area contributed by atoms with Crippen LogP contribution in [0.25, 0.3) is 0 Å². The molecule has 10 nitrogen and oxygen atoms in total. The molecule has 1 unspecified atom stereocenters. The smallest absolute Gasteiger partial charge is 0.410 e. The Balaban J connectivity index is 1.40. The summed E-state index contributed by atoms with van der Waals surface area (Å²) in [6.07, 6.45) is 0.179. The van der Waals surface area contributed by atoms with Crippen molar-refractivity contribution in [1.29, 1.82) is 0 Å². The number of hydroxylamine groups is 2. The summed E-state index contributed by atoms with van der Waals surface area (Å²) < 4.78 is 5.42. The second kappa shape index (κ2) is 8.42. The summed E-state index contributed by atoms with van der Waals surface area (Å²) in [6.45, 7) is 7.66. The highest BCUT2D eigenvalue weighted by Gasteiger charge is 2.40. The first-order valence-electron chi connectivity index (χ1n) is 10.8. The maximum Gasteiger partial charge on any atom is 0.410 e. The molecule has 172 valence electrons. The average Bonchev–Trinajstić information content (AvgIpc) is 3.05. The molecule has 32 heavy (non-hydrogen) atoms. The highest BCUT2D eigenvalue weighted by Crippen LogP contribution is 2.34. The fourth-order valence-corrected chi connectivity index (χ4v) is 4.07. The van der Waals surface area contributed by atoms with Gasteiger partial charge in [0.25, 0.3) is 5.91 Å². The van der Waals surface area contributed by atoms with Gasteiger partial charge in [-0.25, -0.2) is 4.79 Å². The number of nitrogens with zero attached hydrogens (tertiary/aromatic N) is 3. The predicted octanol–water partition coefficient (Wildman–Crippen LogP) is 1.29. The number of ether oxygens (including phenoxy) is 1. The van der Waals surface area contributed by atoms with Crippen molar-refractivity contribution in [2.45, 2.75) is 51.8 Å². The highest BCUT2D eigenvalue weighted by atomic mass is 16.7. The Morgan fingerprint density at radius 2 is 1.81 bits per heavy atom. The number of carbonyl (C=O) groups excluding carboxylic acids is 4. The lowest BCUT2D eigenvalue weighted by Gasteiger charge is -2.35. The topological polar surface area (TPSA) is 108 Å². The van der Waals surface area contributed by atoms with Crippen LogP contribution in [0, 0.1) is 0 Å². The van der Waals surface area contributed by atoms with Crippen LogP contribution in [0.2, 0.25) is 0 Å². The van der Waals surface area contributed by atoms with Gasteiger partial charge >= 0.3 is 6.09 Å². The molecular weight excluding hydrogens is 416 g/mol. The molecule has 3 heterocycles. The molecule has 0 radical (unpaired) electrons. The fraction of sp³-hybridized carbons (Fsp3) is 0.545. The molecule has 3 aliphatic heterocycles. The van der Waals surface area contributed by atoms with Gasteiger partial charge in [0.2, 0.25) is 11.8 Å². The van der Waals surface area contributed by atoms with Crippen molar-refractivity contribution in [3.8, 4) is 5.75 Å². The summed E-state index contributed by atoms with van der Waals surface area (Å²) >= 11 is 0. The molecule has 0 saturated carbocycles. The van der Waals surface area contributed by atoms with Gasteiger partial charge in [0.05, 0.1) is 19.6 Å². The quantitative estimate of drug-likeness (QED) is 0.700. The molecule has 0 bridgehead atoms. The average molecular weight is 444 g/mol. The van der Waals surface area contributed by atoms with Crippen LogP contribution in [-0.2, 0) is 20.9 Å². The third-order valence-electron chi connectivity index (χ3n) is 5.66. The molecule has 1 aromatic rings. The molecule has 0 aromatic heterocycles. The molecule has 2 fully saturated rings. The van der Waals surface area contributed by atoms with Crippen LogP contribution in [0.15, 0.2) is 18.2 Å². The van der Waals surface area contributed by atoms with Crippen LogP contribution >= 0.6 is 0 Å². The first-order valence-corrected chi connectivity index (χ1v) is 10.8. The van der Waals surface area contributed by atoms with E-state index in [2.05, 4.69) is 5.32 Å². The zero-order chi connectivity index (χ0) is 23.0. The number of hydrogen-bond donors (Lipinski definition) is 1. The van der Waals surface area contributed by atoms with Gasteiger partial charge in [0.15, 0.2) is 5.75 Å². The molecule has 1 N–H and O–H groups in total. The van der Waals surface area contributed by atoms with Crippen LogP contribution < -0.4 is 10.2 Å². The standard InChI is InChI=1S/C22H28N4O6/c1-22(2,3)31-21(30)24-9-11-25(12-10-24)32-17-6-4-5-14-15(17)13-26(20(14)29)16-7-8-18(27)23-19(16)28/h4-6,16H,7-13H2,1-3H3,(H,23,27,28). The van der Waals surface area contributed by atoms with E-state index in [1.165, 1.54) is 4.90 Å². The number of carbonyl (C=O) groups is 4. The van der Waals surface area contributed by atoms with E-state index < -0.39 is 17.6 Å². The van der Waals surface area contributed by atoms with Gasteiger partial charge in [-0.2, -0.15) is 0 Å². The van der Waals surface area contributed by atoms with Gasteiger partial charge in [-0.1, -0.05) is 6.07 Å². The van der Waals surface area contributed by atoms with Crippen molar-refractivity contribution < 1.29 is 28.8 Å². The van der Waals surface area contributed by atoms with Crippen LogP contribution in [0.5, 0.6) is 5.75 Å². The predicted molar refractivity (Wildman–Crippen MR) is 112 cm³/mol. The summed E-state index contributed by atoms with van der Waals surface area (Å²) in [5, 5.41) is 4.07. The third-order valence-corrected chi connectivity index (χ3v) is 5.66. The normalized spacial score (nSPS) is 22.0. The number of piperidine rings is 1. The SMILES string of the molecule is CC(C)(C)OC(=O)N1CCN(Oc2cccc3c2CN(C2CCC(=O)NC2=O)C3=O)CC1. The van der Waals surface area contributed by atoms with Crippen molar-refractivity contribution in [2.75, 3.05) is 26.2 Å². The number of hydrogen-bond acceptors (Lipinski definition) is 7. The minimum atomic E-state index is -0.669. The van der Waals surface area contributed by atoms with Gasteiger partial charge in [-0.3, -0.25) is 19.7 Å². The van der Waals surface area contributed by atoms with Crippen LogP contribution in [0.3, 0.4) is 0 Å². The molecule has 1 atom stereocenters. The van der Waals surface area contributed by atoms with Crippen LogP contribution in [0.1, 0.15) is 49.5 Å². The molecular formula is C22H28N4O6. The van der Waals surface area contributed by atoms with Crippen molar-refractivity contribution >= 4 is 23.8 Å². The Morgan fingerprint density at radius 1 is 1.09 bits per heavy atom. The Labute approximate surface area is 186 Å². The summed E-state index contributed by atoms with van der Waals surface area (Å²) in [6, 6.07) is 4.59. The Kier molecular flexibility index (Phi) is 5.81. The van der Waals surface area contributed by atoms with E-state index >= 15 is 0 Å². The number of amides is 4. The van der Waals surface area contributed by atoms with Crippen molar-refractivity contribution in [3.63, 3.8) is 0 Å². The zero-order valence-corrected chi connectivity index (χ0v) is 18.6. The molecule has 10 heteroatoms. The van der Waals surface area contributed by atoms with E-state index in [4.69, 9.17) is 9.57 Å². The lowest BCUT2D eigenvalue weighted by molar-refractivity contribution is -0.137. The van der Waals surface area contributed by atoms with Gasteiger partial charge in [0, 0.05) is 30.6 Å². The van der Waals surface area contributed by atoms with E-state index in [0.29, 0.717) is 43.9 Å².